The van der Waals surface area contributed by atoms with Crippen LogP contribution in [0.25, 0.3) is 0 Å². The minimum absolute atomic E-state index is 0.547. The molecule has 1 saturated heterocycles. The fourth-order valence-corrected chi connectivity index (χ4v) is 3.35. The van der Waals surface area contributed by atoms with Gasteiger partial charge in [-0.2, -0.15) is 0 Å². The molecule has 2 aliphatic rings. The van der Waals surface area contributed by atoms with E-state index in [-0.39, 0.29) is 0 Å². The van der Waals surface area contributed by atoms with Gasteiger partial charge in [-0.3, -0.25) is 0 Å². The molecule has 16 heavy (non-hydrogen) atoms. The first-order chi connectivity index (χ1) is 7.90. The molecule has 0 aromatic heterocycles. The number of nitrogens with one attached hydrogen (secondary N) is 1. The second kappa shape index (κ2) is 6.61. The first-order valence-electron chi connectivity index (χ1n) is 7.25. The quantitative estimate of drug-likeness (QED) is 0.776. The van der Waals surface area contributed by atoms with Crippen molar-refractivity contribution in [2.45, 2.75) is 70.4 Å². The summed E-state index contributed by atoms with van der Waals surface area (Å²) in [5.74, 6) is 0.915. The molecule has 0 radical (unpaired) electrons. The first kappa shape index (κ1) is 12.4. The average molecular weight is 225 g/mol. The largest absolute Gasteiger partial charge is 0.378 e. The van der Waals surface area contributed by atoms with E-state index in [0.29, 0.717) is 12.1 Å². The molecular weight excluding hydrogens is 198 g/mol. The summed E-state index contributed by atoms with van der Waals surface area (Å²) in [6.07, 6.45) is 11.6. The summed E-state index contributed by atoms with van der Waals surface area (Å²) in [6, 6.07) is 0.716. The second-order valence-electron chi connectivity index (χ2n) is 5.43. The van der Waals surface area contributed by atoms with E-state index in [9.17, 15) is 0 Å². The maximum Gasteiger partial charge on any atom is 0.0590 e. The molecule has 2 nitrogen and oxygen atoms in total. The van der Waals surface area contributed by atoms with Gasteiger partial charge in [0, 0.05) is 12.6 Å². The Bertz CT molecular complexity index is 183. The molecule has 1 saturated carbocycles. The second-order valence-corrected chi connectivity index (χ2v) is 5.43. The van der Waals surface area contributed by atoms with E-state index >= 15 is 0 Å². The maximum absolute atomic E-state index is 5.78. The van der Waals surface area contributed by atoms with Gasteiger partial charge in [-0.25, -0.2) is 0 Å². The monoisotopic (exact) mass is 225 g/mol. The van der Waals surface area contributed by atoms with Crippen LogP contribution < -0.4 is 5.32 Å². The minimum atomic E-state index is 0.547. The Balaban J connectivity index is 1.82. The summed E-state index contributed by atoms with van der Waals surface area (Å²) < 4.78 is 5.78. The molecule has 1 aliphatic heterocycles. The van der Waals surface area contributed by atoms with Gasteiger partial charge in [0.15, 0.2) is 0 Å². The highest BCUT2D eigenvalue weighted by atomic mass is 16.5. The van der Waals surface area contributed by atoms with Crippen LogP contribution in [0.3, 0.4) is 0 Å². The Morgan fingerprint density at radius 1 is 1.12 bits per heavy atom. The van der Waals surface area contributed by atoms with Gasteiger partial charge in [0.2, 0.25) is 0 Å². The topological polar surface area (TPSA) is 21.3 Å². The van der Waals surface area contributed by atoms with Gasteiger partial charge in [0.25, 0.3) is 0 Å². The molecule has 0 spiro atoms. The molecule has 2 atom stereocenters. The summed E-state index contributed by atoms with van der Waals surface area (Å²) in [7, 11) is 0. The van der Waals surface area contributed by atoms with Gasteiger partial charge in [-0.15, -0.1) is 0 Å². The van der Waals surface area contributed by atoms with Gasteiger partial charge in [0.1, 0.15) is 0 Å². The van der Waals surface area contributed by atoms with Crippen LogP contribution in [0.1, 0.15) is 58.3 Å². The van der Waals surface area contributed by atoms with E-state index in [0.717, 1.165) is 19.1 Å². The van der Waals surface area contributed by atoms with Crippen LogP contribution in [0.15, 0.2) is 0 Å². The van der Waals surface area contributed by atoms with Crippen LogP contribution >= 0.6 is 0 Å². The van der Waals surface area contributed by atoms with Crippen molar-refractivity contribution in [2.75, 3.05) is 13.2 Å². The normalized spacial score (nSPS) is 29.4. The lowest BCUT2D eigenvalue weighted by Crippen LogP contribution is -2.39. The third-order valence-electron chi connectivity index (χ3n) is 4.23. The third-order valence-corrected chi connectivity index (χ3v) is 4.23. The molecule has 0 aromatic carbocycles. The Morgan fingerprint density at radius 3 is 2.56 bits per heavy atom. The van der Waals surface area contributed by atoms with Crippen LogP contribution in [-0.2, 0) is 4.74 Å². The predicted octanol–water partition coefficient (Wildman–Crippen LogP) is 3.11. The lowest BCUT2D eigenvalue weighted by molar-refractivity contribution is 0.0830. The van der Waals surface area contributed by atoms with Gasteiger partial charge in [-0.05, 0) is 44.6 Å². The van der Waals surface area contributed by atoms with Crippen molar-refractivity contribution in [3.63, 3.8) is 0 Å². The zero-order valence-electron chi connectivity index (χ0n) is 10.7. The molecule has 2 rings (SSSR count). The number of ether oxygens (including phenoxy) is 1. The Morgan fingerprint density at radius 2 is 1.94 bits per heavy atom. The molecule has 0 aromatic rings. The van der Waals surface area contributed by atoms with Gasteiger partial charge < -0.3 is 10.1 Å². The smallest absolute Gasteiger partial charge is 0.0590 e. The number of hydrogen-bond donors (Lipinski definition) is 1. The van der Waals surface area contributed by atoms with Crippen molar-refractivity contribution < 1.29 is 4.74 Å². The van der Waals surface area contributed by atoms with Crippen molar-refractivity contribution in [2.24, 2.45) is 5.92 Å². The molecule has 1 heterocycles. The Hall–Kier alpha value is -0.0800. The standard InChI is InChI=1S/C14H27NO/c1-2-15-14(11-13-9-6-10-16-13)12-7-4-3-5-8-12/h12-15H,2-11H2,1H3. The van der Waals surface area contributed by atoms with E-state index in [1.54, 1.807) is 0 Å². The fourth-order valence-electron chi connectivity index (χ4n) is 3.35. The van der Waals surface area contributed by atoms with Crippen LogP contribution in [0.4, 0.5) is 0 Å². The molecule has 2 heteroatoms. The van der Waals surface area contributed by atoms with Crippen LogP contribution in [0.2, 0.25) is 0 Å². The highest BCUT2D eigenvalue weighted by Gasteiger charge is 2.27. The zero-order valence-corrected chi connectivity index (χ0v) is 10.7. The molecular formula is C14H27NO. The molecule has 94 valence electrons. The molecule has 1 aliphatic carbocycles. The fraction of sp³-hybridized carbons (Fsp3) is 1.00. The Kier molecular flexibility index (Phi) is 5.11. The highest BCUT2D eigenvalue weighted by Crippen LogP contribution is 2.30. The summed E-state index contributed by atoms with van der Waals surface area (Å²) in [5.41, 5.74) is 0. The van der Waals surface area contributed by atoms with E-state index in [2.05, 4.69) is 12.2 Å². The minimum Gasteiger partial charge on any atom is -0.378 e. The predicted molar refractivity (Wildman–Crippen MR) is 67.6 cm³/mol. The summed E-state index contributed by atoms with van der Waals surface area (Å²) in [5, 5.41) is 3.70. The van der Waals surface area contributed by atoms with Crippen LogP contribution in [-0.4, -0.2) is 25.3 Å². The van der Waals surface area contributed by atoms with Crippen molar-refractivity contribution in [3.05, 3.63) is 0 Å². The highest BCUT2D eigenvalue weighted by molar-refractivity contribution is 4.82. The lowest BCUT2D eigenvalue weighted by Gasteiger charge is -2.32. The van der Waals surface area contributed by atoms with Crippen molar-refractivity contribution >= 4 is 0 Å². The average Bonchev–Trinajstić information content (AvgIpc) is 2.83. The molecule has 2 unspecified atom stereocenters. The Labute approximate surface area is 100 Å². The van der Waals surface area contributed by atoms with Gasteiger partial charge in [-0.1, -0.05) is 26.2 Å². The molecule has 0 amide bonds. The molecule has 2 fully saturated rings. The maximum atomic E-state index is 5.78. The number of rotatable bonds is 5. The summed E-state index contributed by atoms with van der Waals surface area (Å²) in [4.78, 5) is 0. The molecule has 0 bridgehead atoms. The van der Waals surface area contributed by atoms with E-state index in [4.69, 9.17) is 4.74 Å². The molecule has 1 N–H and O–H groups in total. The third kappa shape index (κ3) is 3.46. The first-order valence-corrected chi connectivity index (χ1v) is 7.25. The summed E-state index contributed by atoms with van der Waals surface area (Å²) >= 11 is 0. The van der Waals surface area contributed by atoms with Crippen molar-refractivity contribution in [1.82, 2.24) is 5.32 Å². The zero-order chi connectivity index (χ0) is 11.2. The van der Waals surface area contributed by atoms with E-state index in [1.165, 1.54) is 51.4 Å². The van der Waals surface area contributed by atoms with Gasteiger partial charge >= 0.3 is 0 Å². The van der Waals surface area contributed by atoms with Crippen LogP contribution in [0, 0.1) is 5.92 Å². The van der Waals surface area contributed by atoms with Gasteiger partial charge in [0.05, 0.1) is 6.10 Å². The lowest BCUT2D eigenvalue weighted by atomic mass is 9.81. The van der Waals surface area contributed by atoms with E-state index < -0.39 is 0 Å². The summed E-state index contributed by atoms with van der Waals surface area (Å²) in [6.45, 7) is 4.33. The van der Waals surface area contributed by atoms with Crippen molar-refractivity contribution in [3.8, 4) is 0 Å². The van der Waals surface area contributed by atoms with Crippen molar-refractivity contribution in [1.29, 1.82) is 0 Å². The van der Waals surface area contributed by atoms with Crippen LogP contribution in [0.5, 0.6) is 0 Å². The van der Waals surface area contributed by atoms with E-state index in [1.807, 2.05) is 0 Å². The number of hydrogen-bond acceptors (Lipinski definition) is 2. The SMILES string of the molecule is CCNC(CC1CCCO1)C1CCCCC1.